The first-order valence-electron chi connectivity index (χ1n) is 6.46. The summed E-state index contributed by atoms with van der Waals surface area (Å²) in [7, 11) is 5.41. The summed E-state index contributed by atoms with van der Waals surface area (Å²) >= 11 is 5.99. The van der Waals surface area contributed by atoms with Crippen molar-refractivity contribution in [1.29, 1.82) is 0 Å². The number of rotatable bonds is 6. The lowest BCUT2D eigenvalue weighted by Crippen LogP contribution is -2.44. The SMILES string of the molecule is CN(C)CCN(C)C(=O)N[C@@H](C(=O)O)c1ccccc1Cl. The summed E-state index contributed by atoms with van der Waals surface area (Å²) in [4.78, 5) is 26.8. The van der Waals surface area contributed by atoms with Gasteiger partial charge in [0.05, 0.1) is 0 Å². The molecule has 0 saturated carbocycles. The maximum absolute atomic E-state index is 12.0. The van der Waals surface area contributed by atoms with Crippen LogP contribution in [-0.4, -0.2) is 61.1 Å². The van der Waals surface area contributed by atoms with Crippen LogP contribution in [0.15, 0.2) is 24.3 Å². The fraction of sp³-hybridized carbons (Fsp3) is 0.429. The lowest BCUT2D eigenvalue weighted by atomic mass is 10.1. The molecule has 21 heavy (non-hydrogen) atoms. The molecular weight excluding hydrogens is 294 g/mol. The van der Waals surface area contributed by atoms with Gasteiger partial charge in [-0.05, 0) is 20.2 Å². The molecule has 2 amide bonds. The van der Waals surface area contributed by atoms with Crippen molar-refractivity contribution < 1.29 is 14.7 Å². The summed E-state index contributed by atoms with van der Waals surface area (Å²) in [5, 5.41) is 12.1. The highest BCUT2D eigenvalue weighted by atomic mass is 35.5. The van der Waals surface area contributed by atoms with Crippen molar-refractivity contribution in [3.05, 3.63) is 34.9 Å². The number of nitrogens with one attached hydrogen (secondary N) is 1. The van der Waals surface area contributed by atoms with Crippen molar-refractivity contribution in [3.63, 3.8) is 0 Å². The molecule has 2 N–H and O–H groups in total. The number of hydrogen-bond acceptors (Lipinski definition) is 3. The number of carbonyl (C=O) groups is 2. The first-order valence-corrected chi connectivity index (χ1v) is 6.84. The number of hydrogen-bond donors (Lipinski definition) is 2. The van der Waals surface area contributed by atoms with Gasteiger partial charge >= 0.3 is 12.0 Å². The maximum atomic E-state index is 12.0. The molecule has 0 unspecified atom stereocenters. The molecule has 1 aromatic carbocycles. The smallest absolute Gasteiger partial charge is 0.331 e. The number of likely N-dealkylation sites (N-methyl/N-ethyl adjacent to an activating group) is 2. The van der Waals surface area contributed by atoms with E-state index in [0.29, 0.717) is 23.7 Å². The van der Waals surface area contributed by atoms with Crippen LogP contribution >= 0.6 is 11.6 Å². The van der Waals surface area contributed by atoms with Gasteiger partial charge in [0.25, 0.3) is 0 Å². The Morgan fingerprint density at radius 2 is 1.86 bits per heavy atom. The Morgan fingerprint density at radius 1 is 1.24 bits per heavy atom. The molecule has 0 aromatic heterocycles. The van der Waals surface area contributed by atoms with E-state index in [9.17, 15) is 14.7 Å². The van der Waals surface area contributed by atoms with Crippen LogP contribution in [0.25, 0.3) is 0 Å². The average Bonchev–Trinajstić information content (AvgIpc) is 2.42. The zero-order valence-electron chi connectivity index (χ0n) is 12.3. The Labute approximate surface area is 129 Å². The van der Waals surface area contributed by atoms with Crippen molar-refractivity contribution in [1.82, 2.24) is 15.1 Å². The fourth-order valence-corrected chi connectivity index (χ4v) is 1.91. The first-order chi connectivity index (χ1) is 9.82. The van der Waals surface area contributed by atoms with E-state index in [4.69, 9.17) is 11.6 Å². The van der Waals surface area contributed by atoms with E-state index in [1.165, 1.54) is 4.90 Å². The number of carbonyl (C=O) groups excluding carboxylic acids is 1. The number of amides is 2. The Balaban J connectivity index is 2.78. The minimum absolute atomic E-state index is 0.307. The van der Waals surface area contributed by atoms with Crippen molar-refractivity contribution in [2.45, 2.75) is 6.04 Å². The van der Waals surface area contributed by atoms with E-state index in [0.717, 1.165) is 0 Å². The van der Waals surface area contributed by atoms with Crippen LogP contribution in [0.4, 0.5) is 4.79 Å². The monoisotopic (exact) mass is 313 g/mol. The van der Waals surface area contributed by atoms with Crippen LogP contribution in [0.5, 0.6) is 0 Å². The fourth-order valence-electron chi connectivity index (χ4n) is 1.67. The third-order valence-corrected chi connectivity index (χ3v) is 3.30. The summed E-state index contributed by atoms with van der Waals surface area (Å²) in [5.41, 5.74) is 0.362. The minimum Gasteiger partial charge on any atom is -0.479 e. The van der Waals surface area contributed by atoms with Crippen LogP contribution in [-0.2, 0) is 4.79 Å². The lowest BCUT2D eigenvalue weighted by Gasteiger charge is -2.23. The molecule has 1 atom stereocenters. The summed E-state index contributed by atoms with van der Waals surface area (Å²) in [5.74, 6) is -1.16. The van der Waals surface area contributed by atoms with E-state index in [-0.39, 0.29) is 0 Å². The third kappa shape index (κ3) is 5.24. The van der Waals surface area contributed by atoms with Gasteiger partial charge in [-0.3, -0.25) is 0 Å². The molecule has 0 aliphatic rings. The van der Waals surface area contributed by atoms with Crippen LogP contribution in [0.1, 0.15) is 11.6 Å². The highest BCUT2D eigenvalue weighted by molar-refractivity contribution is 6.31. The Hall–Kier alpha value is -1.79. The van der Waals surface area contributed by atoms with Crippen molar-refractivity contribution >= 4 is 23.6 Å². The number of halogens is 1. The zero-order chi connectivity index (χ0) is 16.0. The molecule has 0 spiro atoms. The second-order valence-electron chi connectivity index (χ2n) is 4.97. The molecule has 1 rings (SSSR count). The number of carboxylic acid groups (broad SMARTS) is 1. The predicted molar refractivity (Wildman–Crippen MR) is 81.5 cm³/mol. The number of carboxylic acids is 1. The molecule has 0 fully saturated rings. The Kier molecular flexibility index (Phi) is 6.45. The maximum Gasteiger partial charge on any atom is 0.331 e. The van der Waals surface area contributed by atoms with Gasteiger partial charge in [0.2, 0.25) is 0 Å². The highest BCUT2D eigenvalue weighted by Crippen LogP contribution is 2.23. The molecule has 6 nitrogen and oxygen atoms in total. The normalized spacial score (nSPS) is 12.0. The molecule has 1 aromatic rings. The molecular formula is C14H20ClN3O3. The van der Waals surface area contributed by atoms with Crippen LogP contribution in [0.2, 0.25) is 5.02 Å². The number of benzene rings is 1. The van der Waals surface area contributed by atoms with Gasteiger partial charge in [-0.25, -0.2) is 9.59 Å². The summed E-state index contributed by atoms with van der Waals surface area (Å²) < 4.78 is 0. The molecule has 0 aliphatic heterocycles. The van der Waals surface area contributed by atoms with Gasteiger partial charge in [-0.15, -0.1) is 0 Å². The Morgan fingerprint density at radius 3 is 2.38 bits per heavy atom. The van der Waals surface area contributed by atoms with E-state index in [1.54, 1.807) is 31.3 Å². The van der Waals surface area contributed by atoms with E-state index in [1.807, 2.05) is 19.0 Å². The van der Waals surface area contributed by atoms with Crippen molar-refractivity contribution in [3.8, 4) is 0 Å². The predicted octanol–water partition coefficient (Wildman–Crippen LogP) is 1.67. The van der Waals surface area contributed by atoms with E-state index in [2.05, 4.69) is 5.32 Å². The van der Waals surface area contributed by atoms with Crippen LogP contribution in [0, 0.1) is 0 Å². The largest absolute Gasteiger partial charge is 0.479 e. The third-order valence-electron chi connectivity index (χ3n) is 2.96. The van der Waals surface area contributed by atoms with Gasteiger partial charge < -0.3 is 20.2 Å². The molecule has 0 aliphatic carbocycles. The second-order valence-corrected chi connectivity index (χ2v) is 5.37. The molecule has 0 heterocycles. The number of aliphatic carboxylic acids is 1. The van der Waals surface area contributed by atoms with Gasteiger partial charge in [-0.2, -0.15) is 0 Å². The minimum atomic E-state index is -1.17. The van der Waals surface area contributed by atoms with E-state index < -0.39 is 18.0 Å². The molecule has 0 saturated heterocycles. The van der Waals surface area contributed by atoms with Crippen molar-refractivity contribution in [2.75, 3.05) is 34.2 Å². The Bertz CT molecular complexity index is 508. The summed E-state index contributed by atoms with van der Waals surface area (Å²) in [6, 6.07) is 4.93. The van der Waals surface area contributed by atoms with E-state index >= 15 is 0 Å². The van der Waals surface area contributed by atoms with Crippen LogP contribution < -0.4 is 5.32 Å². The molecule has 116 valence electrons. The quantitative estimate of drug-likeness (QED) is 0.838. The van der Waals surface area contributed by atoms with Gasteiger partial charge in [0.15, 0.2) is 6.04 Å². The standard InChI is InChI=1S/C14H20ClN3O3/c1-17(2)8-9-18(3)14(21)16-12(13(19)20)10-6-4-5-7-11(10)15/h4-7,12H,8-9H2,1-3H3,(H,16,21)(H,19,20)/t12-/m1/s1. The summed E-state index contributed by atoms with van der Waals surface area (Å²) in [6.45, 7) is 1.18. The number of urea groups is 1. The van der Waals surface area contributed by atoms with Gasteiger partial charge in [0, 0.05) is 30.7 Å². The molecule has 0 radical (unpaired) electrons. The van der Waals surface area contributed by atoms with Gasteiger partial charge in [0.1, 0.15) is 0 Å². The molecule has 0 bridgehead atoms. The number of nitrogens with zero attached hydrogens (tertiary/aromatic N) is 2. The molecule has 7 heteroatoms. The highest BCUT2D eigenvalue weighted by Gasteiger charge is 2.25. The first kappa shape index (κ1) is 17.3. The second kappa shape index (κ2) is 7.85. The van der Waals surface area contributed by atoms with Crippen molar-refractivity contribution in [2.24, 2.45) is 0 Å². The average molecular weight is 314 g/mol. The summed E-state index contributed by atoms with van der Waals surface area (Å²) in [6.07, 6.45) is 0. The lowest BCUT2D eigenvalue weighted by molar-refractivity contribution is -0.139. The van der Waals surface area contributed by atoms with Gasteiger partial charge in [-0.1, -0.05) is 29.8 Å². The topological polar surface area (TPSA) is 72.9 Å². The van der Waals surface area contributed by atoms with Crippen LogP contribution in [0.3, 0.4) is 0 Å². The zero-order valence-corrected chi connectivity index (χ0v) is 13.1.